The van der Waals surface area contributed by atoms with Crippen molar-refractivity contribution in [2.75, 3.05) is 13.7 Å². The molecule has 1 amide bonds. The molecule has 0 aliphatic carbocycles. The van der Waals surface area contributed by atoms with Crippen LogP contribution in [0.3, 0.4) is 0 Å². The van der Waals surface area contributed by atoms with Crippen LogP contribution in [0.4, 0.5) is 0 Å². The Morgan fingerprint density at radius 2 is 1.87 bits per heavy atom. The van der Waals surface area contributed by atoms with Gasteiger partial charge in [-0.3, -0.25) is 4.79 Å². The van der Waals surface area contributed by atoms with Gasteiger partial charge in [-0.1, -0.05) is 48.5 Å². The summed E-state index contributed by atoms with van der Waals surface area (Å²) in [6.45, 7) is 1.51. The second kappa shape index (κ2) is 9.60. The highest BCUT2D eigenvalue weighted by Gasteiger charge is 2.13. The Kier molecular flexibility index (Phi) is 6.70. The lowest BCUT2D eigenvalue weighted by atomic mass is 10.00. The zero-order chi connectivity index (χ0) is 21.5. The minimum absolute atomic E-state index is 0.00853. The first-order chi connectivity index (χ1) is 14.5. The number of fused-ring (bicyclic) bond motifs is 1. The Morgan fingerprint density at radius 1 is 1.10 bits per heavy atom. The fraction of sp³-hybridized carbons (Fsp3) is 0.167. The summed E-state index contributed by atoms with van der Waals surface area (Å²) in [6.07, 6.45) is 2.73. The summed E-state index contributed by atoms with van der Waals surface area (Å²) in [5, 5.41) is 14.6. The van der Waals surface area contributed by atoms with Crippen molar-refractivity contribution in [3.8, 4) is 11.5 Å². The van der Waals surface area contributed by atoms with Crippen LogP contribution in [-0.4, -0.2) is 30.7 Å². The summed E-state index contributed by atoms with van der Waals surface area (Å²) in [6, 6.07) is 18.3. The number of hydrogen-bond acceptors (Lipinski definition) is 5. The van der Waals surface area contributed by atoms with Gasteiger partial charge in [0.2, 0.25) is 0 Å². The highest BCUT2D eigenvalue weighted by molar-refractivity contribution is 5.90. The molecule has 0 fully saturated rings. The molecule has 1 atom stereocenters. The van der Waals surface area contributed by atoms with Gasteiger partial charge < -0.3 is 19.9 Å². The summed E-state index contributed by atoms with van der Waals surface area (Å²) >= 11 is 0. The Morgan fingerprint density at radius 3 is 2.67 bits per heavy atom. The van der Waals surface area contributed by atoms with Crippen LogP contribution in [0.15, 0.2) is 66.7 Å². The third-order valence-electron chi connectivity index (χ3n) is 4.63. The first-order valence-electron chi connectivity index (χ1n) is 9.47. The van der Waals surface area contributed by atoms with Crippen LogP contribution in [-0.2, 0) is 14.3 Å². The highest BCUT2D eigenvalue weighted by Crippen LogP contribution is 2.27. The number of benzene rings is 3. The number of amides is 1. The van der Waals surface area contributed by atoms with E-state index in [1.165, 1.54) is 25.3 Å². The van der Waals surface area contributed by atoms with E-state index >= 15 is 0 Å². The summed E-state index contributed by atoms with van der Waals surface area (Å²) in [5.74, 6) is -0.722. The molecule has 2 N–H and O–H groups in total. The first-order valence-corrected chi connectivity index (χ1v) is 9.47. The SMILES string of the molecule is COc1cc(/C=C/C(=O)OCC(=O)N[C@@H](C)c2cccc3ccccc23)ccc1O. The van der Waals surface area contributed by atoms with E-state index in [1.54, 1.807) is 12.1 Å². The van der Waals surface area contributed by atoms with E-state index in [0.29, 0.717) is 11.3 Å². The molecular weight excluding hydrogens is 382 g/mol. The van der Waals surface area contributed by atoms with Crippen molar-refractivity contribution < 1.29 is 24.2 Å². The van der Waals surface area contributed by atoms with Gasteiger partial charge in [-0.2, -0.15) is 0 Å². The Bertz CT molecular complexity index is 1080. The van der Waals surface area contributed by atoms with Crippen molar-refractivity contribution in [1.82, 2.24) is 5.32 Å². The minimum atomic E-state index is -0.644. The largest absolute Gasteiger partial charge is 0.504 e. The summed E-state index contributed by atoms with van der Waals surface area (Å²) < 4.78 is 10.0. The number of phenolic OH excluding ortho intramolecular Hbond substituents is 1. The van der Waals surface area contributed by atoms with Gasteiger partial charge in [0.1, 0.15) is 0 Å². The fourth-order valence-corrected chi connectivity index (χ4v) is 3.14. The molecular formula is C24H23NO5. The van der Waals surface area contributed by atoms with Crippen molar-refractivity contribution >= 4 is 28.7 Å². The molecule has 3 aromatic rings. The molecule has 0 saturated carbocycles. The molecule has 0 aromatic heterocycles. The molecule has 3 rings (SSSR count). The molecule has 0 aliphatic heterocycles. The quantitative estimate of drug-likeness (QED) is 0.459. The van der Waals surface area contributed by atoms with Crippen LogP contribution in [0.5, 0.6) is 11.5 Å². The van der Waals surface area contributed by atoms with Gasteiger partial charge in [0, 0.05) is 6.08 Å². The number of carbonyl (C=O) groups excluding carboxylic acids is 2. The number of phenols is 1. The number of rotatable bonds is 7. The van der Waals surface area contributed by atoms with Gasteiger partial charge >= 0.3 is 5.97 Å². The molecule has 0 radical (unpaired) electrons. The molecule has 0 aliphatic rings. The molecule has 0 unspecified atom stereocenters. The van der Waals surface area contributed by atoms with E-state index in [9.17, 15) is 14.7 Å². The maximum absolute atomic E-state index is 12.2. The van der Waals surface area contributed by atoms with E-state index in [4.69, 9.17) is 9.47 Å². The number of methoxy groups -OCH3 is 1. The van der Waals surface area contributed by atoms with Crippen LogP contribution >= 0.6 is 0 Å². The van der Waals surface area contributed by atoms with Crippen LogP contribution in [0.2, 0.25) is 0 Å². The van der Waals surface area contributed by atoms with Crippen LogP contribution in [0, 0.1) is 0 Å². The number of hydrogen-bond donors (Lipinski definition) is 2. The van der Waals surface area contributed by atoms with Crippen LogP contribution < -0.4 is 10.1 Å². The zero-order valence-corrected chi connectivity index (χ0v) is 16.8. The number of esters is 1. The normalized spacial score (nSPS) is 11.9. The number of ether oxygens (including phenoxy) is 2. The first kappa shape index (κ1) is 20.9. The van der Waals surface area contributed by atoms with Gasteiger partial charge in [0.15, 0.2) is 18.1 Å². The highest BCUT2D eigenvalue weighted by atomic mass is 16.5. The summed E-state index contributed by atoms with van der Waals surface area (Å²) in [5.41, 5.74) is 1.64. The third kappa shape index (κ3) is 5.17. The molecule has 0 spiro atoms. The number of nitrogens with one attached hydrogen (secondary N) is 1. The lowest BCUT2D eigenvalue weighted by molar-refractivity contribution is -0.144. The van der Waals surface area contributed by atoms with E-state index < -0.39 is 5.97 Å². The second-order valence-corrected chi connectivity index (χ2v) is 6.73. The fourth-order valence-electron chi connectivity index (χ4n) is 3.14. The van der Waals surface area contributed by atoms with Gasteiger partial charge in [-0.05, 0) is 47.0 Å². The molecule has 6 heteroatoms. The predicted octanol–water partition coefficient (Wildman–Crippen LogP) is 3.99. The molecule has 0 heterocycles. The van der Waals surface area contributed by atoms with Gasteiger partial charge in [0.05, 0.1) is 13.2 Å². The molecule has 0 saturated heterocycles. The van der Waals surface area contributed by atoms with Crippen molar-refractivity contribution in [3.63, 3.8) is 0 Å². The van der Waals surface area contributed by atoms with Gasteiger partial charge in [0.25, 0.3) is 5.91 Å². The maximum atomic E-state index is 12.2. The zero-order valence-electron chi connectivity index (χ0n) is 16.8. The van der Waals surface area contributed by atoms with Crippen molar-refractivity contribution in [2.24, 2.45) is 0 Å². The monoisotopic (exact) mass is 405 g/mol. The molecule has 6 nitrogen and oxygen atoms in total. The third-order valence-corrected chi connectivity index (χ3v) is 4.63. The second-order valence-electron chi connectivity index (χ2n) is 6.73. The standard InChI is InChI=1S/C24H23NO5/c1-16(19-9-5-7-18-6-3-4-8-20(18)19)25-23(27)15-30-24(28)13-11-17-10-12-21(26)22(14-17)29-2/h3-14,16,26H,15H2,1-2H3,(H,25,27)/b13-11+/t16-/m0/s1. The van der Waals surface area contributed by atoms with Gasteiger partial charge in [-0.25, -0.2) is 4.79 Å². The molecule has 154 valence electrons. The summed E-state index contributed by atoms with van der Waals surface area (Å²) in [7, 11) is 1.44. The average Bonchev–Trinajstić information content (AvgIpc) is 2.76. The Balaban J connectivity index is 1.54. The smallest absolute Gasteiger partial charge is 0.331 e. The number of carbonyl (C=O) groups is 2. The average molecular weight is 405 g/mol. The van der Waals surface area contributed by atoms with Crippen LogP contribution in [0.25, 0.3) is 16.8 Å². The van der Waals surface area contributed by atoms with E-state index in [2.05, 4.69) is 5.32 Å². The lowest BCUT2D eigenvalue weighted by Crippen LogP contribution is -2.31. The lowest BCUT2D eigenvalue weighted by Gasteiger charge is -2.16. The van der Waals surface area contributed by atoms with Crippen molar-refractivity contribution in [3.05, 3.63) is 77.9 Å². The van der Waals surface area contributed by atoms with Crippen molar-refractivity contribution in [2.45, 2.75) is 13.0 Å². The van der Waals surface area contributed by atoms with E-state index in [-0.39, 0.29) is 24.3 Å². The van der Waals surface area contributed by atoms with E-state index in [1.807, 2.05) is 49.4 Å². The van der Waals surface area contributed by atoms with E-state index in [0.717, 1.165) is 16.3 Å². The predicted molar refractivity (Wildman–Crippen MR) is 115 cm³/mol. The Hall–Kier alpha value is -3.80. The molecule has 3 aromatic carbocycles. The van der Waals surface area contributed by atoms with Crippen LogP contribution in [0.1, 0.15) is 24.1 Å². The summed E-state index contributed by atoms with van der Waals surface area (Å²) in [4.78, 5) is 24.1. The number of aromatic hydroxyl groups is 1. The maximum Gasteiger partial charge on any atom is 0.331 e. The molecule has 0 bridgehead atoms. The van der Waals surface area contributed by atoms with Crippen molar-refractivity contribution in [1.29, 1.82) is 0 Å². The van der Waals surface area contributed by atoms with Gasteiger partial charge in [-0.15, -0.1) is 0 Å². The molecule has 30 heavy (non-hydrogen) atoms. The Labute approximate surface area is 174 Å². The topological polar surface area (TPSA) is 84.9 Å². The minimum Gasteiger partial charge on any atom is -0.504 e.